The van der Waals surface area contributed by atoms with Crippen LogP contribution in [0.5, 0.6) is 0 Å². The van der Waals surface area contributed by atoms with E-state index in [-0.39, 0.29) is 16.7 Å². The molecule has 0 saturated heterocycles. The number of amides is 1. The lowest BCUT2D eigenvalue weighted by molar-refractivity contribution is -0.129. The standard InChI is InChI=1S/C19H20N4O2S/c1-12-10-17(24)22-19(21-12)26-13(2)18(25)23(3)11-14-6-4-8-16-15(14)7-5-9-20-16/h4-10,13H,11H2,1-3H3,(H,21,22,24). The molecular formula is C19H20N4O2S. The number of hydrogen-bond acceptors (Lipinski definition) is 5. The molecule has 0 aliphatic carbocycles. The minimum Gasteiger partial charge on any atom is -0.340 e. The summed E-state index contributed by atoms with van der Waals surface area (Å²) in [5.41, 5.74) is 2.38. The zero-order valence-corrected chi connectivity index (χ0v) is 15.7. The van der Waals surface area contributed by atoms with Crippen LogP contribution in [0, 0.1) is 6.92 Å². The van der Waals surface area contributed by atoms with E-state index in [4.69, 9.17) is 0 Å². The summed E-state index contributed by atoms with van der Waals surface area (Å²) in [6.07, 6.45) is 1.76. The van der Waals surface area contributed by atoms with Gasteiger partial charge in [0.2, 0.25) is 5.91 Å². The second-order valence-corrected chi connectivity index (χ2v) is 7.46. The van der Waals surface area contributed by atoms with Gasteiger partial charge >= 0.3 is 0 Å². The van der Waals surface area contributed by atoms with E-state index in [1.165, 1.54) is 17.8 Å². The number of thioether (sulfide) groups is 1. The highest BCUT2D eigenvalue weighted by Gasteiger charge is 2.20. The predicted molar refractivity (Wildman–Crippen MR) is 103 cm³/mol. The van der Waals surface area contributed by atoms with Crippen LogP contribution in [-0.4, -0.2) is 38.1 Å². The van der Waals surface area contributed by atoms with Crippen molar-refractivity contribution >= 4 is 28.6 Å². The number of nitrogens with zero attached hydrogens (tertiary/aromatic N) is 3. The van der Waals surface area contributed by atoms with Crippen LogP contribution < -0.4 is 5.56 Å². The molecule has 1 aromatic carbocycles. The largest absolute Gasteiger partial charge is 0.340 e. The van der Waals surface area contributed by atoms with Crippen molar-refractivity contribution in [1.29, 1.82) is 0 Å². The predicted octanol–water partition coefficient (Wildman–Crippen LogP) is 2.77. The van der Waals surface area contributed by atoms with E-state index >= 15 is 0 Å². The molecule has 1 atom stereocenters. The summed E-state index contributed by atoms with van der Waals surface area (Å²) >= 11 is 1.25. The number of fused-ring (bicyclic) bond motifs is 1. The van der Waals surface area contributed by atoms with E-state index in [0.29, 0.717) is 17.4 Å². The Labute approximate surface area is 155 Å². The lowest BCUT2D eigenvalue weighted by Gasteiger charge is -2.21. The van der Waals surface area contributed by atoms with Crippen molar-refractivity contribution in [3.63, 3.8) is 0 Å². The highest BCUT2D eigenvalue weighted by molar-refractivity contribution is 8.00. The van der Waals surface area contributed by atoms with Gasteiger partial charge in [-0.25, -0.2) is 4.98 Å². The van der Waals surface area contributed by atoms with E-state index in [2.05, 4.69) is 15.0 Å². The van der Waals surface area contributed by atoms with Crippen LogP contribution in [0.15, 0.2) is 52.5 Å². The van der Waals surface area contributed by atoms with Gasteiger partial charge < -0.3 is 9.88 Å². The first-order valence-corrected chi connectivity index (χ1v) is 9.14. The average molecular weight is 368 g/mol. The number of H-pyrrole nitrogens is 1. The molecule has 2 aromatic heterocycles. The topological polar surface area (TPSA) is 79.0 Å². The van der Waals surface area contributed by atoms with Gasteiger partial charge in [-0.15, -0.1) is 0 Å². The molecule has 1 amide bonds. The van der Waals surface area contributed by atoms with Crippen LogP contribution in [0.1, 0.15) is 18.2 Å². The number of carbonyl (C=O) groups excluding carboxylic acids is 1. The fourth-order valence-corrected chi connectivity index (χ4v) is 3.75. The van der Waals surface area contributed by atoms with E-state index in [9.17, 15) is 9.59 Å². The molecule has 0 radical (unpaired) electrons. The number of nitrogens with one attached hydrogen (secondary N) is 1. The summed E-state index contributed by atoms with van der Waals surface area (Å²) in [5, 5.41) is 1.14. The smallest absolute Gasteiger partial charge is 0.251 e. The maximum absolute atomic E-state index is 12.7. The van der Waals surface area contributed by atoms with Crippen LogP contribution in [0.4, 0.5) is 0 Å². The molecule has 0 aliphatic heterocycles. The number of aromatic nitrogens is 3. The van der Waals surface area contributed by atoms with Crippen LogP contribution in [0.25, 0.3) is 10.9 Å². The molecule has 0 aliphatic rings. The number of pyridine rings is 1. The molecular weight excluding hydrogens is 348 g/mol. The third-order valence-electron chi connectivity index (χ3n) is 4.00. The summed E-state index contributed by atoms with van der Waals surface area (Å²) in [5.74, 6) is -0.0277. The average Bonchev–Trinajstić information content (AvgIpc) is 2.60. The lowest BCUT2D eigenvalue weighted by Crippen LogP contribution is -2.33. The molecule has 6 nitrogen and oxygen atoms in total. The minimum atomic E-state index is -0.363. The summed E-state index contributed by atoms with van der Waals surface area (Å²) < 4.78 is 0. The van der Waals surface area contributed by atoms with Crippen molar-refractivity contribution in [2.75, 3.05) is 7.05 Å². The van der Waals surface area contributed by atoms with E-state index in [1.807, 2.05) is 37.3 Å². The van der Waals surface area contributed by atoms with Crippen molar-refractivity contribution in [3.8, 4) is 0 Å². The molecule has 1 N–H and O–H groups in total. The van der Waals surface area contributed by atoms with Crippen molar-refractivity contribution in [2.24, 2.45) is 0 Å². The molecule has 0 spiro atoms. The Balaban J connectivity index is 1.73. The maximum atomic E-state index is 12.7. The number of hydrogen-bond donors (Lipinski definition) is 1. The van der Waals surface area contributed by atoms with Crippen molar-refractivity contribution in [2.45, 2.75) is 30.8 Å². The molecule has 2 heterocycles. The fraction of sp³-hybridized carbons (Fsp3) is 0.263. The Morgan fingerprint density at radius 2 is 2.12 bits per heavy atom. The summed E-state index contributed by atoms with van der Waals surface area (Å²) in [4.78, 5) is 37.3. The molecule has 0 bridgehead atoms. The van der Waals surface area contributed by atoms with E-state index in [1.54, 1.807) is 25.1 Å². The van der Waals surface area contributed by atoms with Gasteiger partial charge in [-0.1, -0.05) is 30.0 Å². The van der Waals surface area contributed by atoms with Crippen LogP contribution in [0.3, 0.4) is 0 Å². The quantitative estimate of drug-likeness (QED) is 0.553. The maximum Gasteiger partial charge on any atom is 0.251 e. The Hall–Kier alpha value is -2.67. The summed E-state index contributed by atoms with van der Waals surface area (Å²) in [7, 11) is 1.78. The number of rotatable bonds is 5. The van der Waals surface area contributed by atoms with E-state index in [0.717, 1.165) is 16.5 Å². The molecule has 0 saturated carbocycles. The Morgan fingerprint density at radius 3 is 2.88 bits per heavy atom. The van der Waals surface area contributed by atoms with Gasteiger partial charge in [-0.3, -0.25) is 14.6 Å². The SMILES string of the molecule is Cc1cc(=O)[nH]c(SC(C)C(=O)N(C)Cc2cccc3ncccc23)n1. The van der Waals surface area contributed by atoms with E-state index < -0.39 is 0 Å². The van der Waals surface area contributed by atoms with Crippen LogP contribution in [0.2, 0.25) is 0 Å². The monoisotopic (exact) mass is 368 g/mol. The third-order valence-corrected chi connectivity index (χ3v) is 4.98. The second kappa shape index (κ2) is 7.70. The Kier molecular flexibility index (Phi) is 5.37. The van der Waals surface area contributed by atoms with Gasteiger partial charge in [0.25, 0.3) is 5.56 Å². The minimum absolute atomic E-state index is 0.0277. The number of carbonyl (C=O) groups is 1. The molecule has 26 heavy (non-hydrogen) atoms. The van der Waals surface area contributed by atoms with Crippen LogP contribution >= 0.6 is 11.8 Å². The summed E-state index contributed by atoms with van der Waals surface area (Å²) in [6.45, 7) is 4.06. The van der Waals surface area contributed by atoms with Gasteiger partial charge in [0.15, 0.2) is 5.16 Å². The molecule has 7 heteroatoms. The third kappa shape index (κ3) is 4.11. The molecule has 3 aromatic rings. The zero-order chi connectivity index (χ0) is 18.7. The first kappa shape index (κ1) is 18.1. The zero-order valence-electron chi connectivity index (χ0n) is 14.9. The highest BCUT2D eigenvalue weighted by Crippen LogP contribution is 2.22. The molecule has 3 rings (SSSR count). The Morgan fingerprint density at radius 1 is 1.31 bits per heavy atom. The fourth-order valence-electron chi connectivity index (χ4n) is 2.77. The first-order chi connectivity index (χ1) is 12.4. The normalized spacial score (nSPS) is 12.1. The second-order valence-electron chi connectivity index (χ2n) is 6.13. The summed E-state index contributed by atoms with van der Waals surface area (Å²) in [6, 6.07) is 11.2. The number of benzene rings is 1. The van der Waals surface area contributed by atoms with Gasteiger partial charge in [0.05, 0.1) is 10.8 Å². The van der Waals surface area contributed by atoms with Gasteiger partial charge in [0, 0.05) is 36.9 Å². The van der Waals surface area contributed by atoms with Crippen molar-refractivity contribution < 1.29 is 4.79 Å². The van der Waals surface area contributed by atoms with Gasteiger partial charge in [-0.2, -0.15) is 0 Å². The van der Waals surface area contributed by atoms with Gasteiger partial charge in [-0.05, 0) is 31.5 Å². The molecule has 134 valence electrons. The van der Waals surface area contributed by atoms with Crippen molar-refractivity contribution in [1.82, 2.24) is 19.9 Å². The number of aryl methyl sites for hydroxylation is 1. The van der Waals surface area contributed by atoms with Gasteiger partial charge in [0.1, 0.15) is 0 Å². The van der Waals surface area contributed by atoms with Crippen LogP contribution in [-0.2, 0) is 11.3 Å². The van der Waals surface area contributed by atoms with Crippen molar-refractivity contribution in [3.05, 3.63) is 64.2 Å². The molecule has 0 fully saturated rings. The number of aromatic amines is 1. The molecule has 1 unspecified atom stereocenters. The highest BCUT2D eigenvalue weighted by atomic mass is 32.2. The lowest BCUT2D eigenvalue weighted by atomic mass is 10.1. The Bertz CT molecular complexity index is 997. The first-order valence-electron chi connectivity index (χ1n) is 8.26.